The van der Waals surface area contributed by atoms with Crippen molar-refractivity contribution < 1.29 is 4.74 Å². The molecule has 1 heterocycles. The first-order chi connectivity index (χ1) is 7.83. The monoisotopic (exact) mass is 211 g/mol. The number of pyridine rings is 1. The number of hydrogen-bond donors (Lipinski definition) is 0. The molecule has 1 aromatic carbocycles. The highest BCUT2D eigenvalue weighted by atomic mass is 16.5. The predicted octanol–water partition coefficient (Wildman–Crippen LogP) is 3.40. The molecule has 0 atom stereocenters. The van der Waals surface area contributed by atoms with Gasteiger partial charge in [0.25, 0.3) is 0 Å². The molecular formula is C14H13NO. The minimum Gasteiger partial charge on any atom is -0.497 e. The maximum atomic E-state index is 5.18. The third-order valence-electron chi connectivity index (χ3n) is 2.39. The van der Waals surface area contributed by atoms with Crippen molar-refractivity contribution in [2.45, 2.75) is 0 Å². The number of rotatable bonds is 3. The highest BCUT2D eigenvalue weighted by Gasteiger charge is 2.00. The second-order valence-electron chi connectivity index (χ2n) is 3.41. The first-order valence-corrected chi connectivity index (χ1v) is 5.06. The van der Waals surface area contributed by atoms with Crippen LogP contribution in [-0.2, 0) is 0 Å². The minimum atomic E-state index is 0.840. The number of ether oxygens (including phenoxy) is 1. The van der Waals surface area contributed by atoms with Gasteiger partial charge in [-0.05, 0) is 23.8 Å². The van der Waals surface area contributed by atoms with Crippen LogP contribution >= 0.6 is 0 Å². The zero-order chi connectivity index (χ0) is 11.4. The fraction of sp³-hybridized carbons (Fsp3) is 0.0714. The fourth-order valence-corrected chi connectivity index (χ4v) is 1.48. The molecule has 2 rings (SSSR count). The van der Waals surface area contributed by atoms with Crippen molar-refractivity contribution in [2.75, 3.05) is 7.11 Å². The molecule has 2 nitrogen and oxygen atoms in total. The summed E-state index contributed by atoms with van der Waals surface area (Å²) in [6, 6.07) is 11.8. The molecule has 16 heavy (non-hydrogen) atoms. The third kappa shape index (κ3) is 2.11. The van der Waals surface area contributed by atoms with Gasteiger partial charge in [0.2, 0.25) is 0 Å². The van der Waals surface area contributed by atoms with Gasteiger partial charge in [-0.3, -0.25) is 4.98 Å². The van der Waals surface area contributed by atoms with E-state index >= 15 is 0 Å². The molecule has 2 heteroatoms. The smallest absolute Gasteiger partial charge is 0.119 e. The van der Waals surface area contributed by atoms with Crippen LogP contribution in [0.4, 0.5) is 0 Å². The Balaban J connectivity index is 2.38. The van der Waals surface area contributed by atoms with Gasteiger partial charge in [0.15, 0.2) is 0 Å². The molecule has 0 aliphatic rings. The molecule has 0 bridgehead atoms. The van der Waals surface area contributed by atoms with Gasteiger partial charge in [0, 0.05) is 11.8 Å². The van der Waals surface area contributed by atoms with Gasteiger partial charge in [-0.1, -0.05) is 30.9 Å². The Hall–Kier alpha value is -2.09. The van der Waals surface area contributed by atoms with E-state index in [2.05, 4.69) is 11.6 Å². The van der Waals surface area contributed by atoms with Crippen molar-refractivity contribution in [1.82, 2.24) is 4.98 Å². The van der Waals surface area contributed by atoms with E-state index in [4.69, 9.17) is 4.74 Å². The van der Waals surface area contributed by atoms with Crippen molar-refractivity contribution in [3.63, 3.8) is 0 Å². The largest absolute Gasteiger partial charge is 0.497 e. The Morgan fingerprint density at radius 1 is 1.25 bits per heavy atom. The second-order valence-corrected chi connectivity index (χ2v) is 3.41. The molecule has 0 amide bonds. The van der Waals surface area contributed by atoms with Gasteiger partial charge < -0.3 is 4.74 Å². The molecule has 0 fully saturated rings. The third-order valence-corrected chi connectivity index (χ3v) is 2.39. The summed E-state index contributed by atoms with van der Waals surface area (Å²) < 4.78 is 5.18. The molecule has 0 saturated carbocycles. The van der Waals surface area contributed by atoms with E-state index in [1.807, 2.05) is 42.6 Å². The second kappa shape index (κ2) is 4.62. The zero-order valence-corrected chi connectivity index (χ0v) is 9.18. The van der Waals surface area contributed by atoms with E-state index in [-0.39, 0.29) is 0 Å². The average Bonchev–Trinajstić information content (AvgIpc) is 2.39. The van der Waals surface area contributed by atoms with Crippen LogP contribution in [0.3, 0.4) is 0 Å². The summed E-state index contributed by atoms with van der Waals surface area (Å²) >= 11 is 0. The van der Waals surface area contributed by atoms with Gasteiger partial charge in [0.1, 0.15) is 5.75 Å². The van der Waals surface area contributed by atoms with Crippen LogP contribution in [0, 0.1) is 0 Å². The van der Waals surface area contributed by atoms with E-state index in [9.17, 15) is 0 Å². The number of nitrogens with zero attached hydrogens (tertiary/aromatic N) is 1. The molecular weight excluding hydrogens is 198 g/mol. The first-order valence-electron chi connectivity index (χ1n) is 5.06. The van der Waals surface area contributed by atoms with Crippen LogP contribution in [0.15, 0.2) is 49.2 Å². The van der Waals surface area contributed by atoms with Crippen molar-refractivity contribution in [3.05, 3.63) is 54.7 Å². The van der Waals surface area contributed by atoms with Crippen molar-refractivity contribution in [1.29, 1.82) is 0 Å². The molecule has 1 aromatic heterocycles. The molecule has 0 N–H and O–H groups in total. The maximum Gasteiger partial charge on any atom is 0.119 e. The van der Waals surface area contributed by atoms with E-state index < -0.39 is 0 Å². The summed E-state index contributed by atoms with van der Waals surface area (Å²) in [5.74, 6) is 0.840. The lowest BCUT2D eigenvalue weighted by Gasteiger charge is -2.04. The van der Waals surface area contributed by atoms with Gasteiger partial charge in [-0.15, -0.1) is 0 Å². The van der Waals surface area contributed by atoms with E-state index in [1.54, 1.807) is 13.2 Å². The summed E-state index contributed by atoms with van der Waals surface area (Å²) in [5.41, 5.74) is 3.01. The normalized spacial score (nSPS) is 9.81. The molecule has 0 spiro atoms. The van der Waals surface area contributed by atoms with Crippen molar-refractivity contribution >= 4 is 6.08 Å². The fourth-order valence-electron chi connectivity index (χ4n) is 1.48. The predicted molar refractivity (Wildman–Crippen MR) is 66.3 cm³/mol. The summed E-state index contributed by atoms with van der Waals surface area (Å²) in [7, 11) is 1.66. The standard InChI is InChI=1S/C14H13NO/c1-3-11-7-8-14(15-10-11)12-5-4-6-13(9-12)16-2/h3-10H,1H2,2H3. The van der Waals surface area contributed by atoms with Crippen LogP contribution in [0.5, 0.6) is 5.75 Å². The van der Waals surface area contributed by atoms with Gasteiger partial charge in [0.05, 0.1) is 12.8 Å². The van der Waals surface area contributed by atoms with E-state index in [0.717, 1.165) is 22.6 Å². The topological polar surface area (TPSA) is 22.1 Å². The van der Waals surface area contributed by atoms with Crippen LogP contribution < -0.4 is 4.74 Å². The van der Waals surface area contributed by atoms with Crippen LogP contribution in [0.2, 0.25) is 0 Å². The molecule has 0 unspecified atom stereocenters. The molecule has 0 saturated heterocycles. The Morgan fingerprint density at radius 3 is 2.75 bits per heavy atom. The van der Waals surface area contributed by atoms with Crippen molar-refractivity contribution in [2.24, 2.45) is 0 Å². The minimum absolute atomic E-state index is 0.840. The maximum absolute atomic E-state index is 5.18. The lowest BCUT2D eigenvalue weighted by Crippen LogP contribution is -1.86. The Kier molecular flexibility index (Phi) is 3.01. The van der Waals surface area contributed by atoms with E-state index in [0.29, 0.717) is 0 Å². The van der Waals surface area contributed by atoms with Gasteiger partial charge in [-0.2, -0.15) is 0 Å². The number of hydrogen-bond acceptors (Lipinski definition) is 2. The number of aromatic nitrogens is 1. The summed E-state index contributed by atoms with van der Waals surface area (Å²) in [6.07, 6.45) is 3.59. The summed E-state index contributed by atoms with van der Waals surface area (Å²) in [5, 5.41) is 0. The molecule has 0 aliphatic heterocycles. The molecule has 2 aromatic rings. The SMILES string of the molecule is C=Cc1ccc(-c2cccc(OC)c2)nc1. The van der Waals surface area contributed by atoms with Crippen LogP contribution in [-0.4, -0.2) is 12.1 Å². The molecule has 0 radical (unpaired) electrons. The Labute approximate surface area is 95.2 Å². The Bertz CT molecular complexity index is 488. The highest BCUT2D eigenvalue weighted by Crippen LogP contribution is 2.22. The van der Waals surface area contributed by atoms with Gasteiger partial charge >= 0.3 is 0 Å². The molecule has 80 valence electrons. The lowest BCUT2D eigenvalue weighted by molar-refractivity contribution is 0.415. The number of methoxy groups -OCH3 is 1. The Morgan fingerprint density at radius 2 is 2.12 bits per heavy atom. The first kappa shape index (κ1) is 10.4. The molecule has 0 aliphatic carbocycles. The van der Waals surface area contributed by atoms with Crippen molar-refractivity contribution in [3.8, 4) is 17.0 Å². The quantitative estimate of drug-likeness (QED) is 0.776. The number of benzene rings is 1. The summed E-state index contributed by atoms with van der Waals surface area (Å²) in [6.45, 7) is 3.70. The average molecular weight is 211 g/mol. The highest BCUT2D eigenvalue weighted by molar-refractivity contribution is 5.62. The lowest BCUT2D eigenvalue weighted by atomic mass is 10.1. The summed E-state index contributed by atoms with van der Waals surface area (Å²) in [4.78, 5) is 4.37. The van der Waals surface area contributed by atoms with E-state index in [1.165, 1.54) is 0 Å². The zero-order valence-electron chi connectivity index (χ0n) is 9.18. The van der Waals surface area contributed by atoms with Crippen LogP contribution in [0.1, 0.15) is 5.56 Å². The van der Waals surface area contributed by atoms with Crippen LogP contribution in [0.25, 0.3) is 17.3 Å². The van der Waals surface area contributed by atoms with Gasteiger partial charge in [-0.25, -0.2) is 0 Å².